The molecule has 0 aliphatic heterocycles. The Morgan fingerprint density at radius 2 is 1.47 bits per heavy atom. The minimum atomic E-state index is -0.0888. The van der Waals surface area contributed by atoms with Gasteiger partial charge in [0.05, 0.1) is 0 Å². The Labute approximate surface area is 97.5 Å². The van der Waals surface area contributed by atoms with Crippen molar-refractivity contribution in [3.05, 3.63) is 0 Å². The van der Waals surface area contributed by atoms with Crippen molar-refractivity contribution in [2.75, 3.05) is 0 Å². The molecule has 2 heteroatoms. The van der Waals surface area contributed by atoms with Gasteiger partial charge in [-0.25, -0.2) is 0 Å². The fourth-order valence-corrected chi connectivity index (χ4v) is 0.866. The number of carbonyl (C=O) groups is 2. The largest absolute Gasteiger partial charge is 0.300 e. The average Bonchev–Trinajstić information content (AvgIpc) is 1.87. The van der Waals surface area contributed by atoms with Gasteiger partial charge in [-0.05, 0) is 13.3 Å². The summed E-state index contributed by atoms with van der Waals surface area (Å²) < 4.78 is 0. The highest BCUT2D eigenvalue weighted by molar-refractivity contribution is 5.86. The van der Waals surface area contributed by atoms with Gasteiger partial charge in [-0.15, -0.1) is 0 Å². The first-order valence-corrected chi connectivity index (χ1v) is 4.10. The third kappa shape index (κ3) is 16.0. The zero-order valence-corrected chi connectivity index (χ0v) is 7.52. The lowest BCUT2D eigenvalue weighted by Crippen LogP contribution is -2.11. The molecule has 0 aliphatic carbocycles. The van der Waals surface area contributed by atoms with Crippen LogP contribution in [0.15, 0.2) is 0 Å². The summed E-state index contributed by atoms with van der Waals surface area (Å²) in [5, 5.41) is 0. The molecule has 0 aromatic rings. The molecule has 0 bridgehead atoms. The van der Waals surface area contributed by atoms with Crippen LogP contribution < -0.4 is 0 Å². The summed E-state index contributed by atoms with van der Waals surface area (Å²) in [5.74, 6) is 0.221. The van der Waals surface area contributed by atoms with E-state index in [1.807, 2.05) is 6.92 Å². The number of Topliss-reactive ketones (excluding diaryl/α,β-unsaturated/α-hetero) is 2. The lowest BCUT2D eigenvalue weighted by molar-refractivity contribution is -0.126. The molecule has 1 atom stereocenters. The van der Waals surface area contributed by atoms with E-state index >= 15 is 0 Å². The van der Waals surface area contributed by atoms with Crippen LogP contribution in [0.3, 0.4) is 0 Å². The molecule has 0 N–H and O–H groups in total. The molecule has 2 nitrogen and oxygen atoms in total. The van der Waals surface area contributed by atoms with Crippen LogP contribution in [0.5, 0.6) is 0 Å². The van der Waals surface area contributed by atoms with Crippen molar-refractivity contribution in [3.63, 3.8) is 0 Å². The molecule has 0 aromatic heterocycles. The maximum absolute atomic E-state index is 11.0. The molecule has 0 amide bonds. The predicted molar refractivity (Wildman–Crippen MR) is 71.3 cm³/mol. The van der Waals surface area contributed by atoms with Crippen LogP contribution in [-0.2, 0) is 9.59 Å². The number of rotatable bonds is 5. The number of ketones is 2. The van der Waals surface area contributed by atoms with Gasteiger partial charge in [0.1, 0.15) is 11.6 Å². The minimum Gasteiger partial charge on any atom is -0.300 e. The van der Waals surface area contributed by atoms with Crippen LogP contribution in [0.25, 0.3) is 0 Å². The molecule has 0 aliphatic rings. The maximum Gasteiger partial charge on any atom is 0.133 e. The molecule has 0 saturated heterocycles. The van der Waals surface area contributed by atoms with E-state index < -0.39 is 0 Å². The van der Waals surface area contributed by atoms with Crippen LogP contribution >= 0.6 is 0 Å². The molecular weight excluding hydrogens is 188 g/mol. The van der Waals surface area contributed by atoms with E-state index in [0.29, 0.717) is 12.8 Å². The quantitative estimate of drug-likeness (QED) is 0.683. The number of hydrogen-bond acceptors (Lipinski definition) is 2. The third-order valence-corrected chi connectivity index (χ3v) is 1.76. The highest BCUT2D eigenvalue weighted by atomic mass is 16.1. The highest BCUT2D eigenvalue weighted by Gasteiger charge is 2.11. The summed E-state index contributed by atoms with van der Waals surface area (Å²) in [6.45, 7) is 5.30. The Hall–Kier alpha value is -0.660. The van der Waals surface area contributed by atoms with E-state index in [-0.39, 0.29) is 47.2 Å². The second-order valence-electron chi connectivity index (χ2n) is 3.00. The lowest BCUT2D eigenvalue weighted by atomic mass is 9.99. The standard InChI is InChI=1S/C9H16O2.4CH4/c1-4-5-9(11)6-7(2)8(3)10;;;;/h7H,4-6H2,1-3H3;4*1H4. The second kappa shape index (κ2) is 15.8. The van der Waals surface area contributed by atoms with Gasteiger partial charge < -0.3 is 0 Å². The van der Waals surface area contributed by atoms with Crippen molar-refractivity contribution in [3.8, 4) is 0 Å². The van der Waals surface area contributed by atoms with Crippen molar-refractivity contribution in [1.29, 1.82) is 0 Å². The number of hydrogen-bond donors (Lipinski definition) is 0. The molecule has 15 heavy (non-hydrogen) atoms. The van der Waals surface area contributed by atoms with Gasteiger partial charge in [0.15, 0.2) is 0 Å². The lowest BCUT2D eigenvalue weighted by Gasteiger charge is -2.04. The Balaban J connectivity index is -0.0000000833. The molecule has 0 saturated carbocycles. The SMILES string of the molecule is C.C.C.C.CCCC(=O)CC(C)C(C)=O. The van der Waals surface area contributed by atoms with Crippen LogP contribution in [0.4, 0.5) is 0 Å². The van der Waals surface area contributed by atoms with Gasteiger partial charge >= 0.3 is 0 Å². The van der Waals surface area contributed by atoms with Gasteiger partial charge in [0.25, 0.3) is 0 Å². The van der Waals surface area contributed by atoms with Gasteiger partial charge in [0, 0.05) is 18.8 Å². The van der Waals surface area contributed by atoms with E-state index in [4.69, 9.17) is 0 Å². The zero-order valence-electron chi connectivity index (χ0n) is 7.52. The zero-order chi connectivity index (χ0) is 8.85. The molecular formula is C13H32O2. The van der Waals surface area contributed by atoms with Gasteiger partial charge in [-0.2, -0.15) is 0 Å². The average molecular weight is 220 g/mol. The maximum atomic E-state index is 11.0. The summed E-state index contributed by atoms with van der Waals surface area (Å²) in [7, 11) is 0. The minimum absolute atomic E-state index is 0. The Morgan fingerprint density at radius 1 is 1.07 bits per heavy atom. The summed E-state index contributed by atoms with van der Waals surface area (Å²) in [5.41, 5.74) is 0. The number of carbonyl (C=O) groups excluding carboxylic acids is 2. The third-order valence-electron chi connectivity index (χ3n) is 1.76. The van der Waals surface area contributed by atoms with E-state index in [1.165, 1.54) is 6.92 Å². The molecule has 0 fully saturated rings. The molecule has 0 heterocycles. The van der Waals surface area contributed by atoms with Gasteiger partial charge in [0.2, 0.25) is 0 Å². The Bertz CT molecular complexity index is 151. The topological polar surface area (TPSA) is 34.1 Å². The summed E-state index contributed by atoms with van der Waals surface area (Å²) in [4.78, 5) is 21.7. The highest BCUT2D eigenvalue weighted by Crippen LogP contribution is 2.06. The van der Waals surface area contributed by atoms with E-state index in [2.05, 4.69) is 0 Å². The summed E-state index contributed by atoms with van der Waals surface area (Å²) in [6.07, 6.45) is 1.91. The first-order valence-electron chi connectivity index (χ1n) is 4.10. The van der Waals surface area contributed by atoms with E-state index in [1.54, 1.807) is 6.92 Å². The van der Waals surface area contributed by atoms with Crippen molar-refractivity contribution in [1.82, 2.24) is 0 Å². The van der Waals surface area contributed by atoms with Crippen LogP contribution in [0.2, 0.25) is 0 Å². The molecule has 0 rings (SSSR count). The van der Waals surface area contributed by atoms with Gasteiger partial charge in [-0.3, -0.25) is 9.59 Å². The van der Waals surface area contributed by atoms with Crippen LogP contribution in [0.1, 0.15) is 69.7 Å². The molecule has 0 radical (unpaired) electrons. The monoisotopic (exact) mass is 220 g/mol. The molecule has 0 spiro atoms. The first-order chi connectivity index (χ1) is 5.07. The fourth-order valence-electron chi connectivity index (χ4n) is 0.866. The fraction of sp³-hybridized carbons (Fsp3) is 0.846. The van der Waals surface area contributed by atoms with Crippen LogP contribution in [-0.4, -0.2) is 11.6 Å². The predicted octanol–water partition coefficient (Wildman–Crippen LogP) is 4.52. The Morgan fingerprint density at radius 3 is 1.73 bits per heavy atom. The second-order valence-corrected chi connectivity index (χ2v) is 3.00. The molecule has 0 aromatic carbocycles. The van der Waals surface area contributed by atoms with Crippen molar-refractivity contribution < 1.29 is 9.59 Å². The Kier molecular flexibility index (Phi) is 30.8. The van der Waals surface area contributed by atoms with Gasteiger partial charge in [-0.1, -0.05) is 43.6 Å². The van der Waals surface area contributed by atoms with Crippen LogP contribution in [0, 0.1) is 5.92 Å². The summed E-state index contributed by atoms with van der Waals surface area (Å²) in [6, 6.07) is 0. The molecule has 96 valence electrons. The smallest absolute Gasteiger partial charge is 0.133 e. The molecule has 1 unspecified atom stereocenters. The van der Waals surface area contributed by atoms with E-state index in [0.717, 1.165) is 6.42 Å². The van der Waals surface area contributed by atoms with Crippen molar-refractivity contribution in [2.45, 2.75) is 69.7 Å². The van der Waals surface area contributed by atoms with Crippen molar-refractivity contribution in [2.24, 2.45) is 5.92 Å². The summed E-state index contributed by atoms with van der Waals surface area (Å²) >= 11 is 0. The first kappa shape index (κ1) is 29.3. The normalized spacial score (nSPS) is 9.27. The van der Waals surface area contributed by atoms with E-state index in [9.17, 15) is 9.59 Å². The van der Waals surface area contributed by atoms with Crippen molar-refractivity contribution >= 4 is 11.6 Å².